The molecule has 2 aliphatic heterocycles. The molecule has 0 radical (unpaired) electrons. The lowest BCUT2D eigenvalue weighted by Gasteiger charge is -2.47. The minimum absolute atomic E-state index is 0. The largest absolute Gasteiger partial charge is 0.357 e. The van der Waals surface area contributed by atoms with Crippen molar-refractivity contribution in [3.8, 4) is 0 Å². The standard InChI is InChI=1S/C18H36N4.HI/c1-5-14(6-2)13-20-18(19-7-3)21-15-11-16-9-8-10-17(12-15)22(16)4;/h14-17H,5-13H2,1-4H3,(H2,19,20,21);1H. The first-order chi connectivity index (χ1) is 10.7. The van der Waals surface area contributed by atoms with E-state index in [1.807, 2.05) is 0 Å². The Labute approximate surface area is 160 Å². The molecule has 23 heavy (non-hydrogen) atoms. The van der Waals surface area contributed by atoms with Gasteiger partial charge >= 0.3 is 0 Å². The van der Waals surface area contributed by atoms with Gasteiger partial charge in [-0.2, -0.15) is 0 Å². The molecule has 0 spiro atoms. The lowest BCUT2D eigenvalue weighted by molar-refractivity contribution is 0.0526. The van der Waals surface area contributed by atoms with E-state index in [2.05, 4.69) is 43.4 Å². The molecule has 2 aliphatic rings. The van der Waals surface area contributed by atoms with E-state index in [4.69, 9.17) is 4.99 Å². The first-order valence-corrected chi connectivity index (χ1v) is 9.44. The topological polar surface area (TPSA) is 39.7 Å². The number of guanidine groups is 1. The van der Waals surface area contributed by atoms with E-state index in [9.17, 15) is 0 Å². The summed E-state index contributed by atoms with van der Waals surface area (Å²) >= 11 is 0. The summed E-state index contributed by atoms with van der Waals surface area (Å²) in [6.45, 7) is 8.57. The number of rotatable bonds is 6. The third-order valence-electron chi connectivity index (χ3n) is 5.69. The third-order valence-corrected chi connectivity index (χ3v) is 5.69. The molecule has 5 heteroatoms. The fourth-order valence-electron chi connectivity index (χ4n) is 4.01. The van der Waals surface area contributed by atoms with Gasteiger partial charge in [-0.1, -0.05) is 33.1 Å². The van der Waals surface area contributed by atoms with E-state index in [-0.39, 0.29) is 24.0 Å². The zero-order valence-corrected chi connectivity index (χ0v) is 17.8. The molecule has 0 aromatic carbocycles. The molecule has 0 saturated carbocycles. The first-order valence-electron chi connectivity index (χ1n) is 9.44. The van der Waals surface area contributed by atoms with Crippen LogP contribution in [0.1, 0.15) is 65.7 Å². The van der Waals surface area contributed by atoms with E-state index < -0.39 is 0 Å². The lowest BCUT2D eigenvalue weighted by Crippen LogP contribution is -2.56. The highest BCUT2D eigenvalue weighted by molar-refractivity contribution is 14.0. The second kappa shape index (κ2) is 10.7. The van der Waals surface area contributed by atoms with Crippen LogP contribution in [0.2, 0.25) is 0 Å². The van der Waals surface area contributed by atoms with Crippen LogP contribution in [0.5, 0.6) is 0 Å². The number of nitrogens with zero attached hydrogens (tertiary/aromatic N) is 2. The maximum Gasteiger partial charge on any atom is 0.191 e. The fraction of sp³-hybridized carbons (Fsp3) is 0.944. The van der Waals surface area contributed by atoms with Gasteiger partial charge in [0, 0.05) is 31.2 Å². The highest BCUT2D eigenvalue weighted by Gasteiger charge is 2.36. The molecule has 4 nitrogen and oxygen atoms in total. The molecule has 0 aliphatic carbocycles. The highest BCUT2D eigenvalue weighted by atomic mass is 127. The van der Waals surface area contributed by atoms with Crippen molar-refractivity contribution in [2.75, 3.05) is 20.1 Å². The molecule has 2 atom stereocenters. The average molecular weight is 436 g/mol. The Morgan fingerprint density at radius 1 is 1.13 bits per heavy atom. The summed E-state index contributed by atoms with van der Waals surface area (Å²) in [6, 6.07) is 2.13. The Balaban J connectivity index is 0.00000264. The summed E-state index contributed by atoms with van der Waals surface area (Å²) < 4.78 is 0. The van der Waals surface area contributed by atoms with Gasteiger partial charge < -0.3 is 15.5 Å². The van der Waals surface area contributed by atoms with Gasteiger partial charge in [0.05, 0.1) is 0 Å². The molecule has 2 unspecified atom stereocenters. The zero-order chi connectivity index (χ0) is 15.9. The summed E-state index contributed by atoms with van der Waals surface area (Å²) in [5.74, 6) is 1.74. The molecule has 0 aromatic rings. The van der Waals surface area contributed by atoms with Gasteiger partial charge in [-0.15, -0.1) is 24.0 Å². The number of piperidine rings is 2. The van der Waals surface area contributed by atoms with Crippen molar-refractivity contribution in [3.05, 3.63) is 0 Å². The van der Waals surface area contributed by atoms with Crippen LogP contribution in [0, 0.1) is 5.92 Å². The Bertz CT molecular complexity index is 343. The SMILES string of the molecule is CCNC(=NCC(CC)CC)NC1CC2CCCC(C1)N2C.I. The predicted molar refractivity (Wildman–Crippen MR) is 111 cm³/mol. The molecule has 2 rings (SSSR count). The van der Waals surface area contributed by atoms with Crippen LogP contribution in [-0.2, 0) is 0 Å². The summed E-state index contributed by atoms with van der Waals surface area (Å²) in [6.07, 6.45) is 9.12. The van der Waals surface area contributed by atoms with Gasteiger partial charge in [0.1, 0.15) is 0 Å². The van der Waals surface area contributed by atoms with Gasteiger partial charge in [0.15, 0.2) is 5.96 Å². The van der Waals surface area contributed by atoms with Crippen molar-refractivity contribution in [1.29, 1.82) is 0 Å². The molecule has 2 bridgehead atoms. The minimum atomic E-state index is 0. The minimum Gasteiger partial charge on any atom is -0.357 e. The van der Waals surface area contributed by atoms with Gasteiger partial charge in [-0.05, 0) is 45.6 Å². The maximum atomic E-state index is 4.84. The highest BCUT2D eigenvalue weighted by Crippen LogP contribution is 2.32. The van der Waals surface area contributed by atoms with Crippen LogP contribution in [0.25, 0.3) is 0 Å². The van der Waals surface area contributed by atoms with Gasteiger partial charge in [-0.25, -0.2) is 0 Å². The molecule has 0 aromatic heterocycles. The second-order valence-corrected chi connectivity index (χ2v) is 7.12. The van der Waals surface area contributed by atoms with Gasteiger partial charge in [-0.3, -0.25) is 4.99 Å². The molecule has 2 fully saturated rings. The van der Waals surface area contributed by atoms with Crippen molar-refractivity contribution in [2.24, 2.45) is 10.9 Å². The summed E-state index contributed by atoms with van der Waals surface area (Å²) in [5.41, 5.74) is 0. The number of hydrogen-bond donors (Lipinski definition) is 2. The normalized spacial score (nSPS) is 28.4. The van der Waals surface area contributed by atoms with E-state index in [1.165, 1.54) is 44.9 Å². The number of hydrogen-bond acceptors (Lipinski definition) is 2. The summed E-state index contributed by atoms with van der Waals surface area (Å²) in [5, 5.41) is 7.16. The number of nitrogens with one attached hydrogen (secondary N) is 2. The van der Waals surface area contributed by atoms with Crippen LogP contribution in [0.15, 0.2) is 4.99 Å². The fourth-order valence-corrected chi connectivity index (χ4v) is 4.01. The smallest absolute Gasteiger partial charge is 0.191 e. The molecule has 2 heterocycles. The van der Waals surface area contributed by atoms with Gasteiger partial charge in [0.25, 0.3) is 0 Å². The predicted octanol–water partition coefficient (Wildman–Crippen LogP) is 3.61. The van der Waals surface area contributed by atoms with Crippen molar-refractivity contribution in [1.82, 2.24) is 15.5 Å². The Morgan fingerprint density at radius 3 is 2.26 bits per heavy atom. The van der Waals surface area contributed by atoms with E-state index >= 15 is 0 Å². The van der Waals surface area contributed by atoms with E-state index in [0.717, 1.165) is 31.1 Å². The van der Waals surface area contributed by atoms with Gasteiger partial charge in [0.2, 0.25) is 0 Å². The number of halogens is 1. The van der Waals surface area contributed by atoms with Crippen molar-refractivity contribution < 1.29 is 0 Å². The number of aliphatic imine (C=N–C) groups is 1. The Morgan fingerprint density at radius 2 is 1.74 bits per heavy atom. The molecule has 0 amide bonds. The molecule has 136 valence electrons. The molecule has 2 saturated heterocycles. The first kappa shape index (κ1) is 21.0. The lowest BCUT2D eigenvalue weighted by atomic mass is 9.82. The summed E-state index contributed by atoms with van der Waals surface area (Å²) in [4.78, 5) is 7.46. The van der Waals surface area contributed by atoms with Crippen LogP contribution in [-0.4, -0.2) is 49.1 Å². The molecular formula is C18H37IN4. The van der Waals surface area contributed by atoms with Crippen LogP contribution >= 0.6 is 24.0 Å². The monoisotopic (exact) mass is 436 g/mol. The van der Waals surface area contributed by atoms with Crippen LogP contribution in [0.4, 0.5) is 0 Å². The third kappa shape index (κ3) is 6.07. The molecule has 2 N–H and O–H groups in total. The van der Waals surface area contributed by atoms with E-state index in [0.29, 0.717) is 12.0 Å². The van der Waals surface area contributed by atoms with Crippen molar-refractivity contribution in [2.45, 2.75) is 83.8 Å². The van der Waals surface area contributed by atoms with E-state index in [1.54, 1.807) is 0 Å². The maximum absolute atomic E-state index is 4.84. The number of fused-ring (bicyclic) bond motifs is 2. The Hall–Kier alpha value is -0.0400. The summed E-state index contributed by atoms with van der Waals surface area (Å²) in [7, 11) is 2.32. The van der Waals surface area contributed by atoms with Crippen molar-refractivity contribution in [3.63, 3.8) is 0 Å². The van der Waals surface area contributed by atoms with Crippen molar-refractivity contribution >= 4 is 29.9 Å². The molecular weight excluding hydrogens is 399 g/mol. The van der Waals surface area contributed by atoms with Crippen LogP contribution in [0.3, 0.4) is 0 Å². The average Bonchev–Trinajstić information content (AvgIpc) is 2.49. The quantitative estimate of drug-likeness (QED) is 0.380. The van der Waals surface area contributed by atoms with Crippen LogP contribution < -0.4 is 10.6 Å². The zero-order valence-electron chi connectivity index (χ0n) is 15.5. The second-order valence-electron chi connectivity index (χ2n) is 7.12. The Kier molecular flexibility index (Phi) is 9.82.